The van der Waals surface area contributed by atoms with Crippen molar-refractivity contribution in [2.75, 3.05) is 13.2 Å². The van der Waals surface area contributed by atoms with Crippen molar-refractivity contribution in [2.45, 2.75) is 52.7 Å². The molecule has 0 spiro atoms. The lowest BCUT2D eigenvalue weighted by atomic mass is 10.1. The Hall–Kier alpha value is -2.55. The first-order valence-electron chi connectivity index (χ1n) is 8.71. The molecular weight excluding hydrogens is 338 g/mol. The van der Waals surface area contributed by atoms with E-state index in [2.05, 4.69) is 20.6 Å². The molecule has 0 bridgehead atoms. The molecule has 9 heteroatoms. The highest BCUT2D eigenvalue weighted by molar-refractivity contribution is 5.96. The van der Waals surface area contributed by atoms with Gasteiger partial charge in [0.05, 0.1) is 11.3 Å². The lowest BCUT2D eigenvalue weighted by Crippen LogP contribution is -2.30. The predicted molar refractivity (Wildman–Crippen MR) is 90.6 cm³/mol. The fourth-order valence-corrected chi connectivity index (χ4v) is 3.14. The Balaban J connectivity index is 1.49. The molecule has 1 amide bonds. The number of hydrogen-bond donors (Lipinski definition) is 1. The second kappa shape index (κ2) is 7.77. The first kappa shape index (κ1) is 18.2. The topological polar surface area (TPSA) is 112 Å². The van der Waals surface area contributed by atoms with Gasteiger partial charge in [-0.25, -0.2) is 0 Å². The van der Waals surface area contributed by atoms with E-state index >= 15 is 0 Å². The van der Waals surface area contributed by atoms with Crippen LogP contribution in [0.5, 0.6) is 0 Å². The molecule has 0 saturated carbocycles. The van der Waals surface area contributed by atoms with E-state index in [4.69, 9.17) is 9.26 Å². The minimum Gasteiger partial charge on any atom is -0.368 e. The van der Waals surface area contributed by atoms with Crippen molar-refractivity contribution < 1.29 is 18.8 Å². The van der Waals surface area contributed by atoms with Crippen LogP contribution in [0.2, 0.25) is 0 Å². The van der Waals surface area contributed by atoms with Crippen molar-refractivity contribution in [1.29, 1.82) is 0 Å². The van der Waals surface area contributed by atoms with Gasteiger partial charge in [-0.2, -0.15) is 10.1 Å². The Bertz CT molecular complexity index is 804. The van der Waals surface area contributed by atoms with Crippen LogP contribution in [0, 0.1) is 13.8 Å². The van der Waals surface area contributed by atoms with Gasteiger partial charge in [0.25, 0.3) is 5.89 Å². The van der Waals surface area contributed by atoms with Gasteiger partial charge in [-0.05, 0) is 33.6 Å². The second-order valence-corrected chi connectivity index (χ2v) is 6.41. The van der Waals surface area contributed by atoms with Crippen molar-refractivity contribution in [3.05, 3.63) is 28.7 Å². The summed E-state index contributed by atoms with van der Waals surface area (Å²) >= 11 is 0. The highest BCUT2D eigenvalue weighted by Gasteiger charge is 2.23. The summed E-state index contributed by atoms with van der Waals surface area (Å²) in [5.41, 5.74) is 1.91. The van der Waals surface area contributed by atoms with Crippen LogP contribution in [0.4, 0.5) is 0 Å². The van der Waals surface area contributed by atoms with Crippen LogP contribution in [0.15, 0.2) is 4.52 Å². The van der Waals surface area contributed by atoms with Gasteiger partial charge in [0.15, 0.2) is 11.6 Å². The van der Waals surface area contributed by atoms with E-state index in [9.17, 15) is 9.59 Å². The van der Waals surface area contributed by atoms with Gasteiger partial charge in [0, 0.05) is 25.3 Å². The molecule has 1 atom stereocenters. The maximum absolute atomic E-state index is 12.1. The molecule has 2 aromatic heterocycles. The van der Waals surface area contributed by atoms with E-state index in [1.165, 1.54) is 6.92 Å². The number of Topliss-reactive ketones (excluding diaryl/α,β-unsaturated/α-hetero) is 1. The van der Waals surface area contributed by atoms with Gasteiger partial charge in [0.2, 0.25) is 5.91 Å². The van der Waals surface area contributed by atoms with Gasteiger partial charge in [0.1, 0.15) is 12.6 Å². The summed E-state index contributed by atoms with van der Waals surface area (Å²) in [6.07, 6.45) is 2.25. The largest absolute Gasteiger partial charge is 0.368 e. The zero-order valence-electron chi connectivity index (χ0n) is 15.2. The van der Waals surface area contributed by atoms with E-state index < -0.39 is 0 Å². The van der Waals surface area contributed by atoms with Crippen molar-refractivity contribution in [2.24, 2.45) is 0 Å². The zero-order valence-corrected chi connectivity index (χ0v) is 15.2. The number of ketones is 1. The summed E-state index contributed by atoms with van der Waals surface area (Å²) in [5, 5.41) is 11.0. The second-order valence-electron chi connectivity index (χ2n) is 6.41. The molecular formula is C17H23N5O4. The van der Waals surface area contributed by atoms with Crippen LogP contribution in [-0.2, 0) is 22.5 Å². The lowest BCUT2D eigenvalue weighted by molar-refractivity contribution is -0.121. The number of aryl methyl sites for hydroxylation is 1. The predicted octanol–water partition coefficient (Wildman–Crippen LogP) is 1.30. The molecule has 9 nitrogen and oxygen atoms in total. The SMILES string of the molecule is CC(=O)c1c(C)nn(CC(=O)NCCc2noc(C3CCCO3)n2)c1C. The van der Waals surface area contributed by atoms with Crippen molar-refractivity contribution in [1.82, 2.24) is 25.2 Å². The number of hydrogen-bond acceptors (Lipinski definition) is 7. The molecule has 3 heterocycles. The Morgan fingerprint density at radius 3 is 2.81 bits per heavy atom. The quantitative estimate of drug-likeness (QED) is 0.740. The number of rotatable bonds is 7. The van der Waals surface area contributed by atoms with Gasteiger partial charge in [-0.3, -0.25) is 14.3 Å². The summed E-state index contributed by atoms with van der Waals surface area (Å²) < 4.78 is 12.3. The number of carbonyl (C=O) groups is 2. The van der Waals surface area contributed by atoms with Gasteiger partial charge >= 0.3 is 0 Å². The molecule has 0 aromatic carbocycles. The first-order chi connectivity index (χ1) is 12.5. The molecule has 1 aliphatic rings. The molecule has 0 radical (unpaired) electrons. The fourth-order valence-electron chi connectivity index (χ4n) is 3.14. The third kappa shape index (κ3) is 3.98. The number of nitrogens with one attached hydrogen (secondary N) is 1. The number of amides is 1. The Morgan fingerprint density at radius 1 is 1.35 bits per heavy atom. The third-order valence-electron chi connectivity index (χ3n) is 4.39. The monoisotopic (exact) mass is 361 g/mol. The summed E-state index contributed by atoms with van der Waals surface area (Å²) in [5.74, 6) is 0.809. The highest BCUT2D eigenvalue weighted by atomic mass is 16.5. The van der Waals surface area contributed by atoms with E-state index in [-0.39, 0.29) is 24.3 Å². The minimum atomic E-state index is -0.187. The van der Waals surface area contributed by atoms with Crippen LogP contribution in [-0.4, -0.2) is 44.8 Å². The normalized spacial score (nSPS) is 16.8. The number of carbonyl (C=O) groups excluding carboxylic acids is 2. The smallest absolute Gasteiger partial charge is 0.255 e. The lowest BCUT2D eigenvalue weighted by Gasteiger charge is -2.06. The van der Waals surface area contributed by atoms with Crippen LogP contribution < -0.4 is 5.32 Å². The zero-order chi connectivity index (χ0) is 18.7. The van der Waals surface area contributed by atoms with Crippen LogP contribution in [0.1, 0.15) is 59.3 Å². The maximum atomic E-state index is 12.1. The maximum Gasteiger partial charge on any atom is 0.255 e. The molecule has 2 aromatic rings. The van der Waals surface area contributed by atoms with Crippen molar-refractivity contribution in [3.8, 4) is 0 Å². The molecule has 1 unspecified atom stereocenters. The Morgan fingerprint density at radius 2 is 2.15 bits per heavy atom. The van der Waals surface area contributed by atoms with E-state index in [1.54, 1.807) is 18.5 Å². The van der Waals surface area contributed by atoms with Crippen LogP contribution in [0.3, 0.4) is 0 Å². The standard InChI is InChI=1S/C17H23N5O4/c1-10-16(12(3)23)11(2)22(20-10)9-15(24)18-7-6-14-19-17(26-21-14)13-5-4-8-25-13/h13H,4-9H2,1-3H3,(H,18,24). The average molecular weight is 361 g/mol. The summed E-state index contributed by atoms with van der Waals surface area (Å²) in [6, 6.07) is 0. The molecule has 1 aliphatic heterocycles. The number of nitrogens with zero attached hydrogens (tertiary/aromatic N) is 4. The van der Waals surface area contributed by atoms with Crippen molar-refractivity contribution >= 4 is 11.7 Å². The average Bonchev–Trinajstić information content (AvgIpc) is 3.29. The van der Waals surface area contributed by atoms with Crippen LogP contribution >= 0.6 is 0 Å². The molecule has 26 heavy (non-hydrogen) atoms. The van der Waals surface area contributed by atoms with Crippen LogP contribution in [0.25, 0.3) is 0 Å². The van der Waals surface area contributed by atoms with E-state index in [0.717, 1.165) is 19.4 Å². The molecule has 1 fully saturated rings. The van der Waals surface area contributed by atoms with Gasteiger partial charge < -0.3 is 14.6 Å². The van der Waals surface area contributed by atoms with E-state index in [1.807, 2.05) is 0 Å². The number of ether oxygens (including phenoxy) is 1. The number of aromatic nitrogens is 4. The summed E-state index contributed by atoms with van der Waals surface area (Å²) in [4.78, 5) is 28.1. The van der Waals surface area contributed by atoms with Gasteiger partial charge in [-0.15, -0.1) is 0 Å². The molecule has 1 saturated heterocycles. The first-order valence-corrected chi connectivity index (χ1v) is 8.71. The third-order valence-corrected chi connectivity index (χ3v) is 4.39. The van der Waals surface area contributed by atoms with Crippen molar-refractivity contribution in [3.63, 3.8) is 0 Å². The van der Waals surface area contributed by atoms with E-state index in [0.29, 0.717) is 41.6 Å². The Kier molecular flexibility index (Phi) is 5.46. The Labute approximate surface area is 151 Å². The molecule has 1 N–H and O–H groups in total. The molecule has 3 rings (SSSR count). The molecule has 140 valence electrons. The van der Waals surface area contributed by atoms with Gasteiger partial charge in [-0.1, -0.05) is 5.16 Å². The minimum absolute atomic E-state index is 0.0502. The highest BCUT2D eigenvalue weighted by Crippen LogP contribution is 2.26. The summed E-state index contributed by atoms with van der Waals surface area (Å²) in [7, 11) is 0. The summed E-state index contributed by atoms with van der Waals surface area (Å²) in [6.45, 7) is 6.22. The molecule has 0 aliphatic carbocycles. The fraction of sp³-hybridized carbons (Fsp3) is 0.588.